The molecule has 380 valence electrons. The molecule has 76 heavy (non-hydrogen) atoms. The Labute approximate surface area is 443 Å². The summed E-state index contributed by atoms with van der Waals surface area (Å²) in [6.07, 6.45) is 4.86. The van der Waals surface area contributed by atoms with Gasteiger partial charge in [-0.15, -0.1) is 23.2 Å². The van der Waals surface area contributed by atoms with Crippen molar-refractivity contribution < 1.29 is 39.6 Å². The van der Waals surface area contributed by atoms with E-state index in [9.17, 15) is 39.6 Å². The van der Waals surface area contributed by atoms with Crippen molar-refractivity contribution in [1.82, 2.24) is 19.4 Å². The first-order chi connectivity index (χ1) is 36.7. The molecule has 4 amide bonds. The van der Waals surface area contributed by atoms with Crippen molar-refractivity contribution in [2.24, 2.45) is 0 Å². The van der Waals surface area contributed by atoms with Gasteiger partial charge >= 0.3 is 0 Å². The van der Waals surface area contributed by atoms with Gasteiger partial charge in [0.15, 0.2) is 0 Å². The SMILES string of the molecule is Cc1cccc2c(O)cc3c(c12)[C@H](CCl)CN3C(=O)c1cc2cc(NC(=O)c3ccc(O)cc3)ncc2[nH]1.Cc1cccc2c(O)cc3c(c12)[C@H](CCl)CN3C(=O)c1cn2cc(NC(=O)c3ccc(O)cc3)ccc2n1. The highest BCUT2D eigenvalue weighted by molar-refractivity contribution is 6.20. The number of phenols is 4. The van der Waals surface area contributed by atoms with E-state index >= 15 is 0 Å². The number of nitrogens with one attached hydrogen (secondary N) is 3. The zero-order valence-electron chi connectivity index (χ0n) is 40.7. The first kappa shape index (κ1) is 49.1. The average molecular weight is 1050 g/mol. The summed E-state index contributed by atoms with van der Waals surface area (Å²) in [7, 11) is 0. The second-order valence-electron chi connectivity index (χ2n) is 18.8. The summed E-state index contributed by atoms with van der Waals surface area (Å²) in [5.41, 5.74) is 8.31. The number of aromatic amines is 1. The van der Waals surface area contributed by atoms with E-state index in [1.54, 1.807) is 69.2 Å². The van der Waals surface area contributed by atoms with E-state index in [2.05, 4.69) is 25.6 Å². The van der Waals surface area contributed by atoms with E-state index in [0.29, 0.717) is 81.1 Å². The van der Waals surface area contributed by atoms with Gasteiger partial charge in [-0.3, -0.25) is 19.2 Å². The molecule has 4 aromatic heterocycles. The molecule has 0 radical (unpaired) electrons. The Morgan fingerprint density at radius 2 is 1.18 bits per heavy atom. The smallest absolute Gasteiger partial charge is 0.278 e. The van der Waals surface area contributed by atoms with Crippen LogP contribution in [-0.2, 0) is 0 Å². The number of phenolic OH excluding ortho intramolecular Hbond substituents is 4. The number of carbonyl (C=O) groups excluding carboxylic acids is 4. The van der Waals surface area contributed by atoms with Gasteiger partial charge in [-0.25, -0.2) is 9.97 Å². The third kappa shape index (κ3) is 8.86. The molecule has 0 unspecified atom stereocenters. The Morgan fingerprint density at radius 3 is 1.74 bits per heavy atom. The molecule has 2 aliphatic rings. The lowest BCUT2D eigenvalue weighted by Gasteiger charge is -2.18. The molecule has 0 saturated carbocycles. The summed E-state index contributed by atoms with van der Waals surface area (Å²) in [6.45, 7) is 4.75. The average Bonchev–Trinajstić information content (AvgIpc) is 4.22. The van der Waals surface area contributed by atoms with Crippen molar-refractivity contribution in [3.05, 3.63) is 185 Å². The Balaban J connectivity index is 0.000000162. The molecule has 18 heteroatoms. The van der Waals surface area contributed by atoms with Crippen LogP contribution in [0.1, 0.15) is 75.8 Å². The minimum atomic E-state index is -0.369. The lowest BCUT2D eigenvalue weighted by molar-refractivity contribution is 0.0976. The minimum Gasteiger partial charge on any atom is -0.508 e. The lowest BCUT2D eigenvalue weighted by atomic mass is 9.92. The number of alkyl halides is 2. The number of anilines is 4. The molecule has 6 aromatic carbocycles. The molecule has 0 bridgehead atoms. The number of amides is 4. The summed E-state index contributed by atoms with van der Waals surface area (Å²) in [5, 5.41) is 50.0. The lowest BCUT2D eigenvalue weighted by Crippen LogP contribution is -2.30. The second-order valence-corrected chi connectivity index (χ2v) is 19.5. The Morgan fingerprint density at radius 1 is 0.645 bits per heavy atom. The molecular weight excluding hydrogens is 1010 g/mol. The summed E-state index contributed by atoms with van der Waals surface area (Å²) in [6, 6.07) is 33.5. The summed E-state index contributed by atoms with van der Waals surface area (Å²) in [4.78, 5) is 67.7. The molecule has 2 atom stereocenters. The highest BCUT2D eigenvalue weighted by Crippen LogP contribution is 2.48. The van der Waals surface area contributed by atoms with Crippen molar-refractivity contribution in [1.29, 1.82) is 0 Å². The van der Waals surface area contributed by atoms with Crippen LogP contribution >= 0.6 is 23.2 Å². The summed E-state index contributed by atoms with van der Waals surface area (Å²) < 4.78 is 1.68. The van der Waals surface area contributed by atoms with Gasteiger partial charge in [-0.05, 0) is 120 Å². The van der Waals surface area contributed by atoms with Crippen LogP contribution in [0.25, 0.3) is 38.1 Å². The number of halogens is 2. The van der Waals surface area contributed by atoms with Gasteiger partial charge in [-0.2, -0.15) is 0 Å². The van der Waals surface area contributed by atoms with E-state index in [0.717, 1.165) is 43.8 Å². The number of benzene rings is 6. The van der Waals surface area contributed by atoms with Crippen LogP contribution in [0.4, 0.5) is 22.9 Å². The second kappa shape index (κ2) is 19.6. The van der Waals surface area contributed by atoms with E-state index in [4.69, 9.17) is 23.2 Å². The van der Waals surface area contributed by atoms with Crippen LogP contribution in [0.15, 0.2) is 140 Å². The number of aryl methyl sites for hydroxylation is 2. The first-order valence-corrected chi connectivity index (χ1v) is 25.2. The number of nitrogens with zero attached hydrogens (tertiary/aromatic N) is 5. The highest BCUT2D eigenvalue weighted by Gasteiger charge is 2.38. The number of hydrogen-bond donors (Lipinski definition) is 7. The molecular formula is C58H46Cl2N8O8. The predicted octanol–water partition coefficient (Wildman–Crippen LogP) is 11.1. The number of H-pyrrole nitrogens is 1. The quantitative estimate of drug-likeness (QED) is 0.0713. The zero-order chi connectivity index (χ0) is 53.1. The fourth-order valence-electron chi connectivity index (χ4n) is 10.3. The molecule has 0 saturated heterocycles. The van der Waals surface area contributed by atoms with Crippen molar-refractivity contribution in [2.75, 3.05) is 45.3 Å². The van der Waals surface area contributed by atoms with E-state index in [1.165, 1.54) is 48.5 Å². The fraction of sp³-hybridized carbons (Fsp3) is 0.138. The molecule has 0 fully saturated rings. The van der Waals surface area contributed by atoms with Crippen molar-refractivity contribution in [2.45, 2.75) is 25.7 Å². The molecule has 6 heterocycles. The van der Waals surface area contributed by atoms with Gasteiger partial charge in [0, 0.05) is 88.5 Å². The monoisotopic (exact) mass is 1050 g/mol. The molecule has 0 spiro atoms. The van der Waals surface area contributed by atoms with Gasteiger partial charge in [0.25, 0.3) is 23.6 Å². The van der Waals surface area contributed by atoms with E-state index in [1.807, 2.05) is 50.2 Å². The molecule has 7 N–H and O–H groups in total. The van der Waals surface area contributed by atoms with Crippen LogP contribution in [0.3, 0.4) is 0 Å². The van der Waals surface area contributed by atoms with Gasteiger partial charge in [0.05, 0.1) is 28.8 Å². The maximum atomic E-state index is 13.7. The maximum Gasteiger partial charge on any atom is 0.278 e. The number of pyridine rings is 2. The number of imidazole rings is 1. The van der Waals surface area contributed by atoms with Gasteiger partial charge < -0.3 is 50.2 Å². The number of rotatable bonds is 8. The van der Waals surface area contributed by atoms with E-state index < -0.39 is 0 Å². The number of hydrogen-bond acceptors (Lipinski definition) is 10. The number of carbonyl (C=O) groups is 4. The summed E-state index contributed by atoms with van der Waals surface area (Å²) >= 11 is 12.7. The van der Waals surface area contributed by atoms with Gasteiger partial charge in [0.2, 0.25) is 0 Å². The topological polar surface area (TPSA) is 226 Å². The standard InChI is InChI=1S/2C29H23ClN4O4/c1-16-3-2-4-21-24(36)11-23-27(26(16)21)18(12-30)13-34(23)29(38)22-15-33-14-19(7-10-25(33)32-22)31-28(37)17-5-8-20(35)9-6-17;1-15-3-2-4-20-24(36)11-23-27(26(15)20)18(12-30)14-34(23)29(38)21-9-17-10-25(31-13-22(17)32-21)33-28(37)16-5-7-19(35)8-6-16/h2-11,14-15,18,35-36H,12-13H2,1H3,(H,31,37);2-11,13,18,32,35-36H,12,14H2,1H3,(H,31,33,37)/t2*18-/m11/s1. The Bertz CT molecular complexity index is 3750. The van der Waals surface area contributed by atoms with E-state index in [-0.39, 0.29) is 64.2 Å². The zero-order valence-corrected chi connectivity index (χ0v) is 42.2. The number of aromatic nitrogens is 4. The Kier molecular flexibility index (Phi) is 12.7. The third-order valence-electron chi connectivity index (χ3n) is 14.0. The molecule has 16 nitrogen and oxygen atoms in total. The molecule has 12 rings (SSSR count). The Hall–Kier alpha value is -9.12. The molecule has 10 aromatic rings. The maximum absolute atomic E-state index is 13.7. The highest BCUT2D eigenvalue weighted by atomic mass is 35.5. The van der Waals surface area contributed by atoms with Crippen LogP contribution in [0.2, 0.25) is 0 Å². The van der Waals surface area contributed by atoms with Crippen LogP contribution in [-0.4, -0.2) is 88.3 Å². The first-order valence-electron chi connectivity index (χ1n) is 24.1. The van der Waals surface area contributed by atoms with Crippen molar-refractivity contribution in [3.8, 4) is 23.0 Å². The van der Waals surface area contributed by atoms with Crippen LogP contribution in [0.5, 0.6) is 23.0 Å². The van der Waals surface area contributed by atoms with Gasteiger partial charge in [-0.1, -0.05) is 36.4 Å². The predicted molar refractivity (Wildman–Crippen MR) is 294 cm³/mol. The fourth-order valence-corrected chi connectivity index (χ4v) is 10.8. The number of fused-ring (bicyclic) bond motifs is 8. The molecule has 0 aliphatic carbocycles. The summed E-state index contributed by atoms with van der Waals surface area (Å²) in [5.74, 6) is -0.0360. The minimum absolute atomic E-state index is 0.0714. The number of aromatic hydroxyl groups is 4. The third-order valence-corrected chi connectivity index (χ3v) is 14.7. The van der Waals surface area contributed by atoms with Gasteiger partial charge in [0.1, 0.15) is 45.9 Å². The van der Waals surface area contributed by atoms with Crippen LogP contribution in [0, 0.1) is 13.8 Å². The largest absolute Gasteiger partial charge is 0.508 e. The van der Waals surface area contributed by atoms with Crippen molar-refractivity contribution >= 4 is 108 Å². The van der Waals surface area contributed by atoms with Crippen molar-refractivity contribution in [3.63, 3.8) is 0 Å². The molecule has 2 aliphatic heterocycles. The normalized spacial score (nSPS) is 14.7. The van der Waals surface area contributed by atoms with Crippen LogP contribution < -0.4 is 20.4 Å².